The van der Waals surface area contributed by atoms with Crippen molar-refractivity contribution in [3.8, 4) is 0 Å². The molecule has 0 saturated carbocycles. The molecule has 2 aromatic rings. The maximum Gasteiger partial charge on any atom is 0.277 e. The van der Waals surface area contributed by atoms with E-state index in [0.717, 1.165) is 30.7 Å². The van der Waals surface area contributed by atoms with Crippen molar-refractivity contribution in [1.82, 2.24) is 4.90 Å². The molecule has 0 aliphatic carbocycles. The van der Waals surface area contributed by atoms with Gasteiger partial charge in [0.25, 0.3) is 5.69 Å². The quantitative estimate of drug-likeness (QED) is 0.539. The molecule has 0 fully saturated rings. The molecule has 0 radical (unpaired) electrons. The molecular formula is C19H25N3O3. The molecule has 6 heteroatoms. The summed E-state index contributed by atoms with van der Waals surface area (Å²) < 4.78 is 0. The molecule has 0 bridgehead atoms. The van der Waals surface area contributed by atoms with Crippen molar-refractivity contribution in [1.29, 1.82) is 0 Å². The molecule has 0 unspecified atom stereocenters. The molecule has 0 atom stereocenters. The van der Waals surface area contributed by atoms with Gasteiger partial charge in [0.15, 0.2) is 0 Å². The van der Waals surface area contributed by atoms with Crippen LogP contribution in [0.5, 0.6) is 0 Å². The van der Waals surface area contributed by atoms with Crippen molar-refractivity contribution < 1.29 is 9.72 Å². The lowest BCUT2D eigenvalue weighted by Gasteiger charge is -2.27. The van der Waals surface area contributed by atoms with Crippen molar-refractivity contribution in [3.05, 3.63) is 46.5 Å². The maximum atomic E-state index is 12.5. The molecule has 6 nitrogen and oxygen atoms in total. The van der Waals surface area contributed by atoms with Crippen LogP contribution in [0.2, 0.25) is 0 Å². The van der Waals surface area contributed by atoms with Crippen LogP contribution >= 0.6 is 0 Å². The number of benzene rings is 2. The standard InChI is InChI=1S/C19H25N3O3/c1-4-19(23)21(14-13-20(5-2)6-3)17-11-12-18(22(24)25)16-10-8-7-9-15(16)17/h7-12H,4-6,13-14H2,1-3H3. The second-order valence-electron chi connectivity index (χ2n) is 5.83. The Balaban J connectivity index is 2.48. The summed E-state index contributed by atoms with van der Waals surface area (Å²) in [6.07, 6.45) is 0.392. The number of hydrogen-bond acceptors (Lipinski definition) is 4. The third-order valence-corrected chi connectivity index (χ3v) is 4.50. The van der Waals surface area contributed by atoms with E-state index in [4.69, 9.17) is 0 Å². The zero-order valence-corrected chi connectivity index (χ0v) is 15.1. The molecule has 2 rings (SSSR count). The zero-order valence-electron chi connectivity index (χ0n) is 15.1. The normalized spacial score (nSPS) is 11.0. The Morgan fingerprint density at radius 2 is 1.64 bits per heavy atom. The topological polar surface area (TPSA) is 66.7 Å². The fraction of sp³-hybridized carbons (Fsp3) is 0.421. The minimum absolute atomic E-state index is 0.0196. The molecule has 0 saturated heterocycles. The van der Waals surface area contributed by atoms with Gasteiger partial charge in [-0.15, -0.1) is 0 Å². The Kier molecular flexibility index (Phi) is 6.47. The number of nitro benzene ring substituents is 1. The van der Waals surface area contributed by atoms with E-state index in [1.807, 2.05) is 19.1 Å². The second-order valence-corrected chi connectivity index (χ2v) is 5.83. The first-order valence-electron chi connectivity index (χ1n) is 8.72. The molecule has 25 heavy (non-hydrogen) atoms. The van der Waals surface area contributed by atoms with Crippen LogP contribution in [0, 0.1) is 10.1 Å². The number of amides is 1. The van der Waals surface area contributed by atoms with Gasteiger partial charge in [-0.25, -0.2) is 0 Å². The summed E-state index contributed by atoms with van der Waals surface area (Å²) >= 11 is 0. The molecule has 0 aliphatic heterocycles. The van der Waals surface area contributed by atoms with Gasteiger partial charge in [-0.3, -0.25) is 14.9 Å². The minimum Gasteiger partial charge on any atom is -0.311 e. The van der Waals surface area contributed by atoms with E-state index < -0.39 is 0 Å². The van der Waals surface area contributed by atoms with E-state index >= 15 is 0 Å². The Bertz CT molecular complexity index is 757. The zero-order chi connectivity index (χ0) is 18.4. The molecular weight excluding hydrogens is 318 g/mol. The van der Waals surface area contributed by atoms with Gasteiger partial charge in [0.05, 0.1) is 16.0 Å². The Morgan fingerprint density at radius 1 is 1.00 bits per heavy atom. The fourth-order valence-electron chi connectivity index (χ4n) is 3.01. The second kappa shape index (κ2) is 8.58. The van der Waals surface area contributed by atoms with Gasteiger partial charge >= 0.3 is 0 Å². The van der Waals surface area contributed by atoms with Crippen LogP contribution in [0.3, 0.4) is 0 Å². The van der Waals surface area contributed by atoms with Crippen LogP contribution in [-0.2, 0) is 4.79 Å². The van der Waals surface area contributed by atoms with Gasteiger partial charge in [-0.05, 0) is 25.2 Å². The first-order chi connectivity index (χ1) is 12.0. The highest BCUT2D eigenvalue weighted by molar-refractivity contribution is 6.06. The predicted octanol–water partition coefficient (Wildman–Crippen LogP) is 3.83. The number of anilines is 1. The Labute approximate surface area is 148 Å². The van der Waals surface area contributed by atoms with E-state index in [-0.39, 0.29) is 16.5 Å². The van der Waals surface area contributed by atoms with Crippen molar-refractivity contribution in [2.75, 3.05) is 31.1 Å². The summed E-state index contributed by atoms with van der Waals surface area (Å²) in [5.74, 6) is 0.0196. The van der Waals surface area contributed by atoms with Crippen molar-refractivity contribution in [2.45, 2.75) is 27.2 Å². The molecule has 134 valence electrons. The number of nitro groups is 1. The number of rotatable bonds is 8. The molecule has 0 aliphatic rings. The summed E-state index contributed by atoms with van der Waals surface area (Å²) in [5.41, 5.74) is 0.798. The average Bonchev–Trinajstić information content (AvgIpc) is 2.64. The number of carbonyl (C=O) groups excluding carboxylic acids is 1. The number of hydrogen-bond donors (Lipinski definition) is 0. The molecule has 2 aromatic carbocycles. The van der Waals surface area contributed by atoms with Gasteiger partial charge in [0.2, 0.25) is 5.91 Å². The molecule has 0 heterocycles. The van der Waals surface area contributed by atoms with Crippen LogP contribution in [0.15, 0.2) is 36.4 Å². The summed E-state index contributed by atoms with van der Waals surface area (Å²) in [7, 11) is 0. The minimum atomic E-state index is -0.381. The fourth-order valence-corrected chi connectivity index (χ4v) is 3.01. The van der Waals surface area contributed by atoms with E-state index in [1.54, 1.807) is 23.1 Å². The van der Waals surface area contributed by atoms with Crippen molar-refractivity contribution in [2.24, 2.45) is 0 Å². The van der Waals surface area contributed by atoms with Gasteiger partial charge in [-0.2, -0.15) is 0 Å². The van der Waals surface area contributed by atoms with Crippen LogP contribution in [0.25, 0.3) is 10.8 Å². The van der Waals surface area contributed by atoms with E-state index in [0.29, 0.717) is 18.4 Å². The van der Waals surface area contributed by atoms with Gasteiger partial charge in [0.1, 0.15) is 0 Å². The number of likely N-dealkylation sites (N-methyl/N-ethyl adjacent to an activating group) is 1. The summed E-state index contributed by atoms with van der Waals surface area (Å²) in [5, 5.41) is 12.6. The van der Waals surface area contributed by atoms with E-state index in [2.05, 4.69) is 18.7 Å². The van der Waals surface area contributed by atoms with Crippen LogP contribution < -0.4 is 4.90 Å². The number of fused-ring (bicyclic) bond motifs is 1. The van der Waals surface area contributed by atoms with Crippen LogP contribution in [-0.4, -0.2) is 41.9 Å². The van der Waals surface area contributed by atoms with E-state index in [9.17, 15) is 14.9 Å². The van der Waals surface area contributed by atoms with Crippen LogP contribution in [0.4, 0.5) is 11.4 Å². The van der Waals surface area contributed by atoms with Crippen molar-refractivity contribution in [3.63, 3.8) is 0 Å². The molecule has 0 N–H and O–H groups in total. The molecule has 1 amide bonds. The van der Waals surface area contributed by atoms with Gasteiger partial charge < -0.3 is 9.80 Å². The first kappa shape index (κ1) is 18.9. The Morgan fingerprint density at radius 3 is 2.20 bits per heavy atom. The lowest BCUT2D eigenvalue weighted by atomic mass is 10.1. The number of carbonyl (C=O) groups is 1. The smallest absolute Gasteiger partial charge is 0.277 e. The highest BCUT2D eigenvalue weighted by Gasteiger charge is 2.21. The summed E-state index contributed by atoms with van der Waals surface area (Å²) in [4.78, 5) is 27.5. The highest BCUT2D eigenvalue weighted by Crippen LogP contribution is 2.33. The van der Waals surface area contributed by atoms with E-state index in [1.165, 1.54) is 6.07 Å². The maximum absolute atomic E-state index is 12.5. The SMILES string of the molecule is CCC(=O)N(CCN(CC)CC)c1ccc([N+](=O)[O-])c2ccccc12. The largest absolute Gasteiger partial charge is 0.311 e. The Hall–Kier alpha value is -2.47. The average molecular weight is 343 g/mol. The third kappa shape index (κ3) is 4.14. The summed E-state index contributed by atoms with van der Waals surface area (Å²) in [6, 6.07) is 10.4. The predicted molar refractivity (Wildman–Crippen MR) is 101 cm³/mol. The monoisotopic (exact) mass is 343 g/mol. The van der Waals surface area contributed by atoms with Gasteiger partial charge in [0, 0.05) is 31.0 Å². The molecule has 0 aromatic heterocycles. The van der Waals surface area contributed by atoms with Crippen LogP contribution in [0.1, 0.15) is 27.2 Å². The summed E-state index contributed by atoms with van der Waals surface area (Å²) in [6.45, 7) is 9.20. The lowest BCUT2D eigenvalue weighted by Crippen LogP contribution is -2.38. The number of non-ortho nitro benzene ring substituents is 1. The first-order valence-corrected chi connectivity index (χ1v) is 8.72. The third-order valence-electron chi connectivity index (χ3n) is 4.50. The lowest BCUT2D eigenvalue weighted by molar-refractivity contribution is -0.383. The number of nitrogens with zero attached hydrogens (tertiary/aromatic N) is 3. The molecule has 0 spiro atoms. The van der Waals surface area contributed by atoms with Crippen molar-refractivity contribution >= 4 is 28.1 Å². The highest BCUT2D eigenvalue weighted by atomic mass is 16.6. The van der Waals surface area contributed by atoms with Gasteiger partial charge in [-0.1, -0.05) is 39.0 Å².